The Morgan fingerprint density at radius 3 is 2.74 bits per heavy atom. The molecular weight excluding hydrogens is 461 g/mol. The first-order chi connectivity index (χ1) is 16.3. The lowest BCUT2D eigenvalue weighted by Gasteiger charge is -2.18. The zero-order chi connectivity index (χ0) is 24.1. The smallest absolute Gasteiger partial charge is 0.333 e. The van der Waals surface area contributed by atoms with Crippen molar-refractivity contribution in [3.05, 3.63) is 52.1 Å². The summed E-state index contributed by atoms with van der Waals surface area (Å²) in [5.74, 6) is -0.0276. The molecule has 1 fully saturated rings. The first-order valence-corrected chi connectivity index (χ1v) is 12.8. The van der Waals surface area contributed by atoms with E-state index < -0.39 is 13.2 Å². The van der Waals surface area contributed by atoms with E-state index in [0.29, 0.717) is 12.2 Å². The molecule has 12 heteroatoms. The van der Waals surface area contributed by atoms with Gasteiger partial charge < -0.3 is 24.1 Å². The minimum atomic E-state index is -3.55. The van der Waals surface area contributed by atoms with Gasteiger partial charge in [0.25, 0.3) is 5.56 Å². The van der Waals surface area contributed by atoms with E-state index in [-0.39, 0.29) is 55.8 Å². The van der Waals surface area contributed by atoms with Crippen LogP contribution in [0.15, 0.2) is 35.4 Å². The fraction of sp³-hybridized carbons (Fsp3) is 0.455. The van der Waals surface area contributed by atoms with Gasteiger partial charge in [-0.3, -0.25) is 19.1 Å². The van der Waals surface area contributed by atoms with E-state index >= 15 is 0 Å². The second-order valence-corrected chi connectivity index (χ2v) is 10.5. The molecule has 1 aliphatic carbocycles. The van der Waals surface area contributed by atoms with Gasteiger partial charge in [0, 0.05) is 12.5 Å². The Labute approximate surface area is 196 Å². The van der Waals surface area contributed by atoms with Crippen molar-refractivity contribution in [2.75, 3.05) is 31.7 Å². The van der Waals surface area contributed by atoms with E-state index in [9.17, 15) is 14.2 Å². The van der Waals surface area contributed by atoms with Crippen molar-refractivity contribution in [3.8, 4) is 0 Å². The number of anilines is 1. The van der Waals surface area contributed by atoms with Crippen LogP contribution in [0, 0.1) is 12.8 Å². The maximum absolute atomic E-state index is 13.3. The molecule has 1 aromatic carbocycles. The van der Waals surface area contributed by atoms with Gasteiger partial charge in [0.05, 0.1) is 32.3 Å². The predicted molar refractivity (Wildman–Crippen MR) is 126 cm³/mol. The SMILES string of the molecule is Cc1ccc(COP(=O)(CCOCCn2cnc3c(=O)[nH]c(N)nc32)OCC(=O)C2CC2)cc1. The van der Waals surface area contributed by atoms with E-state index in [1.807, 2.05) is 31.2 Å². The number of fused-ring (bicyclic) bond motifs is 1. The third-order valence-electron chi connectivity index (χ3n) is 5.46. The number of rotatable bonds is 13. The Hall–Kier alpha value is -2.85. The number of Topliss-reactive ketones (excluding diaryl/α,β-unsaturated/α-hetero) is 1. The highest BCUT2D eigenvalue weighted by Gasteiger charge is 2.32. The van der Waals surface area contributed by atoms with Crippen LogP contribution < -0.4 is 11.3 Å². The maximum atomic E-state index is 13.3. The highest BCUT2D eigenvalue weighted by molar-refractivity contribution is 7.53. The molecule has 0 amide bonds. The van der Waals surface area contributed by atoms with Crippen LogP contribution in [0.2, 0.25) is 0 Å². The number of aromatic nitrogens is 4. The number of hydrogen-bond donors (Lipinski definition) is 2. The number of carbonyl (C=O) groups is 1. The first-order valence-electron chi connectivity index (χ1n) is 11.1. The number of nitrogens with one attached hydrogen (secondary N) is 1. The van der Waals surface area contributed by atoms with Crippen LogP contribution in [-0.4, -0.2) is 51.3 Å². The van der Waals surface area contributed by atoms with Crippen molar-refractivity contribution < 1.29 is 23.1 Å². The highest BCUT2D eigenvalue weighted by Crippen LogP contribution is 2.49. The Kier molecular flexibility index (Phi) is 7.57. The molecule has 0 saturated heterocycles. The Balaban J connectivity index is 1.30. The summed E-state index contributed by atoms with van der Waals surface area (Å²) in [4.78, 5) is 34.5. The quantitative estimate of drug-likeness (QED) is 0.272. The van der Waals surface area contributed by atoms with Gasteiger partial charge in [-0.15, -0.1) is 0 Å². The number of benzene rings is 1. The first kappa shape index (κ1) is 24.3. The molecule has 4 rings (SSSR count). The van der Waals surface area contributed by atoms with Crippen LogP contribution in [0.3, 0.4) is 0 Å². The van der Waals surface area contributed by atoms with Gasteiger partial charge in [-0.1, -0.05) is 29.8 Å². The van der Waals surface area contributed by atoms with Gasteiger partial charge in [-0.25, -0.2) is 4.98 Å². The monoisotopic (exact) mass is 489 g/mol. The molecule has 11 nitrogen and oxygen atoms in total. The number of hydrogen-bond acceptors (Lipinski definition) is 9. The van der Waals surface area contributed by atoms with Crippen LogP contribution in [0.1, 0.15) is 24.0 Å². The molecule has 1 unspecified atom stereocenters. The number of nitrogen functional groups attached to an aromatic ring is 1. The van der Waals surface area contributed by atoms with Crippen LogP contribution in [0.25, 0.3) is 11.2 Å². The van der Waals surface area contributed by atoms with Crippen molar-refractivity contribution in [2.45, 2.75) is 32.9 Å². The van der Waals surface area contributed by atoms with Gasteiger partial charge in [-0.05, 0) is 25.3 Å². The Morgan fingerprint density at radius 1 is 1.24 bits per heavy atom. The molecule has 0 aliphatic heterocycles. The highest BCUT2D eigenvalue weighted by atomic mass is 31.2. The Bertz CT molecular complexity index is 1250. The average Bonchev–Trinajstić information content (AvgIpc) is 3.58. The molecule has 0 radical (unpaired) electrons. The van der Waals surface area contributed by atoms with E-state index in [4.69, 9.17) is 19.5 Å². The fourth-order valence-electron chi connectivity index (χ4n) is 3.28. The van der Waals surface area contributed by atoms with E-state index in [2.05, 4.69) is 15.0 Å². The number of aryl methyl sites for hydroxylation is 1. The molecule has 0 bridgehead atoms. The summed E-state index contributed by atoms with van der Waals surface area (Å²) in [5.41, 5.74) is 7.72. The van der Waals surface area contributed by atoms with Crippen LogP contribution in [0.4, 0.5) is 5.95 Å². The molecule has 1 saturated carbocycles. The summed E-state index contributed by atoms with van der Waals surface area (Å²) in [5, 5.41) is 0. The number of ether oxygens (including phenoxy) is 1. The molecule has 182 valence electrons. The normalized spacial score (nSPS) is 15.4. The van der Waals surface area contributed by atoms with Gasteiger partial charge >= 0.3 is 7.60 Å². The second kappa shape index (κ2) is 10.6. The number of aromatic amines is 1. The summed E-state index contributed by atoms with van der Waals surface area (Å²) in [6, 6.07) is 7.68. The molecule has 3 N–H and O–H groups in total. The molecule has 1 atom stereocenters. The lowest BCUT2D eigenvalue weighted by atomic mass is 10.2. The number of nitrogens with two attached hydrogens (primary N) is 1. The van der Waals surface area contributed by atoms with Crippen molar-refractivity contribution in [1.82, 2.24) is 19.5 Å². The summed E-state index contributed by atoms with van der Waals surface area (Å²) >= 11 is 0. The molecule has 2 heterocycles. The van der Waals surface area contributed by atoms with Gasteiger partial charge in [0.2, 0.25) is 5.95 Å². The van der Waals surface area contributed by atoms with Gasteiger partial charge in [0.1, 0.15) is 6.61 Å². The molecule has 1 aliphatic rings. The molecule has 2 aromatic heterocycles. The zero-order valence-electron chi connectivity index (χ0n) is 18.9. The third kappa shape index (κ3) is 6.38. The number of carbonyl (C=O) groups excluding carboxylic acids is 1. The summed E-state index contributed by atoms with van der Waals surface area (Å²) in [6.07, 6.45) is 3.20. The minimum Gasteiger partial charge on any atom is -0.379 e. The van der Waals surface area contributed by atoms with Crippen molar-refractivity contribution >= 4 is 30.5 Å². The number of H-pyrrole nitrogens is 1. The second-order valence-electron chi connectivity index (χ2n) is 8.28. The topological polar surface area (TPSA) is 151 Å². The van der Waals surface area contributed by atoms with Gasteiger partial charge in [-0.2, -0.15) is 4.98 Å². The standard InChI is InChI=1S/C22H28N5O6P/c1-15-2-4-16(5-3-15)12-32-34(30,33-13-18(28)17-6-7-17)11-10-31-9-8-27-14-24-19-20(27)25-22(23)26-21(19)29/h2-5,14,17H,6-13H2,1H3,(H3,23,25,26,29). The van der Waals surface area contributed by atoms with Crippen molar-refractivity contribution in [2.24, 2.45) is 5.92 Å². The summed E-state index contributed by atoms with van der Waals surface area (Å²) in [7, 11) is -3.55. The zero-order valence-corrected chi connectivity index (χ0v) is 19.8. The van der Waals surface area contributed by atoms with Crippen LogP contribution in [0.5, 0.6) is 0 Å². The molecule has 3 aromatic rings. The number of imidazole rings is 1. The van der Waals surface area contributed by atoms with Gasteiger partial charge in [0.15, 0.2) is 16.9 Å². The van der Waals surface area contributed by atoms with Crippen molar-refractivity contribution in [1.29, 1.82) is 0 Å². The Morgan fingerprint density at radius 2 is 2.00 bits per heavy atom. The largest absolute Gasteiger partial charge is 0.379 e. The van der Waals surface area contributed by atoms with Crippen LogP contribution in [-0.2, 0) is 36.3 Å². The van der Waals surface area contributed by atoms with Crippen LogP contribution >= 0.6 is 7.60 Å². The summed E-state index contributed by atoms with van der Waals surface area (Å²) < 4.78 is 31.7. The fourth-order valence-corrected chi connectivity index (χ4v) is 4.64. The van der Waals surface area contributed by atoms with E-state index in [1.54, 1.807) is 4.57 Å². The number of ketones is 1. The maximum Gasteiger partial charge on any atom is 0.333 e. The van der Waals surface area contributed by atoms with E-state index in [0.717, 1.165) is 24.0 Å². The minimum absolute atomic E-state index is 0.00438. The summed E-state index contributed by atoms with van der Waals surface area (Å²) in [6.45, 7) is 2.58. The molecule has 0 spiro atoms. The third-order valence-corrected chi connectivity index (χ3v) is 7.24. The number of nitrogens with zero attached hydrogens (tertiary/aromatic N) is 3. The lowest BCUT2D eigenvalue weighted by molar-refractivity contribution is -0.122. The van der Waals surface area contributed by atoms with Crippen molar-refractivity contribution in [3.63, 3.8) is 0 Å². The lowest BCUT2D eigenvalue weighted by Crippen LogP contribution is -2.15. The van der Waals surface area contributed by atoms with E-state index in [1.165, 1.54) is 6.33 Å². The predicted octanol–water partition coefficient (Wildman–Crippen LogP) is 2.43. The molecule has 34 heavy (non-hydrogen) atoms. The molecular formula is C22H28N5O6P. The average molecular weight is 489 g/mol.